The van der Waals surface area contributed by atoms with Crippen LogP contribution in [0.15, 0.2) is 36.5 Å². The fraction of sp³-hybridized carbons (Fsp3) is 0.176. The van der Waals surface area contributed by atoms with E-state index in [1.165, 1.54) is 24.4 Å². The quantitative estimate of drug-likeness (QED) is 0.666. The highest BCUT2D eigenvalue weighted by Gasteiger charge is 2.25. The molecule has 2 amide bonds. The summed E-state index contributed by atoms with van der Waals surface area (Å²) in [7, 11) is 0. The van der Waals surface area contributed by atoms with Crippen LogP contribution in [0.3, 0.4) is 0 Å². The average molecular weight is 344 g/mol. The molecule has 1 atom stereocenters. The Kier molecular flexibility index (Phi) is 3.72. The normalized spacial score (nSPS) is 16.2. The molecule has 1 unspecified atom stereocenters. The van der Waals surface area contributed by atoms with Crippen LogP contribution in [0.4, 0.5) is 19.3 Å². The molecule has 25 heavy (non-hydrogen) atoms. The lowest BCUT2D eigenvalue weighted by Crippen LogP contribution is -2.35. The highest BCUT2D eigenvalue weighted by molar-refractivity contribution is 6.00. The van der Waals surface area contributed by atoms with Gasteiger partial charge in [-0.3, -0.25) is 5.10 Å². The van der Waals surface area contributed by atoms with Crippen molar-refractivity contribution in [1.82, 2.24) is 15.5 Å². The van der Waals surface area contributed by atoms with Gasteiger partial charge in [-0.1, -0.05) is 12.1 Å². The minimum Gasteiger partial charge on any atom is -0.490 e. The molecule has 0 aliphatic carbocycles. The number of urea groups is 1. The maximum Gasteiger partial charge on any atom is 0.319 e. The molecular formula is C17H14F2N4O2. The van der Waals surface area contributed by atoms with Crippen molar-refractivity contribution in [3.8, 4) is 5.75 Å². The first kappa shape index (κ1) is 15.4. The summed E-state index contributed by atoms with van der Waals surface area (Å²) < 4.78 is 32.8. The number of aromatic nitrogens is 2. The van der Waals surface area contributed by atoms with Crippen molar-refractivity contribution in [2.24, 2.45) is 0 Å². The maximum atomic E-state index is 13.8. The third kappa shape index (κ3) is 2.75. The minimum absolute atomic E-state index is 0.165. The average Bonchev–Trinajstić information content (AvgIpc) is 3.09. The number of aromatic amines is 1. The number of nitrogens with zero attached hydrogens (tertiary/aromatic N) is 1. The molecule has 0 spiro atoms. The Labute approximate surface area is 141 Å². The van der Waals surface area contributed by atoms with Gasteiger partial charge in [0.1, 0.15) is 11.3 Å². The number of carbonyl (C=O) groups is 1. The number of hydrogen-bond donors (Lipinski definition) is 3. The summed E-state index contributed by atoms with van der Waals surface area (Å²) in [6, 6.07) is 6.46. The number of anilines is 1. The van der Waals surface area contributed by atoms with Gasteiger partial charge < -0.3 is 15.4 Å². The van der Waals surface area contributed by atoms with Gasteiger partial charge in [-0.15, -0.1) is 0 Å². The molecule has 2 aromatic carbocycles. The SMILES string of the molecule is O=C(Nc1ccc(F)c2[nH]ncc12)NC1CCOc2c(F)cccc21. The van der Waals surface area contributed by atoms with E-state index in [0.717, 1.165) is 0 Å². The molecule has 0 saturated carbocycles. The second-order valence-electron chi connectivity index (χ2n) is 5.70. The monoisotopic (exact) mass is 344 g/mol. The minimum atomic E-state index is -0.476. The van der Waals surface area contributed by atoms with Gasteiger partial charge >= 0.3 is 6.03 Å². The van der Waals surface area contributed by atoms with E-state index in [2.05, 4.69) is 20.8 Å². The Morgan fingerprint density at radius 2 is 2.12 bits per heavy atom. The summed E-state index contributed by atoms with van der Waals surface area (Å²) in [5.74, 6) is -0.742. The zero-order valence-corrected chi connectivity index (χ0v) is 13.0. The number of rotatable bonds is 2. The van der Waals surface area contributed by atoms with E-state index >= 15 is 0 Å². The standard InChI is InChI=1S/C17H14F2N4O2/c18-11-4-5-13(10-8-20-23-15(10)11)21-17(24)22-14-6-7-25-16-9(14)2-1-3-12(16)19/h1-5,8,14H,6-7H2,(H,20,23)(H2,21,22,24). The van der Waals surface area contributed by atoms with Crippen LogP contribution in [0.2, 0.25) is 0 Å². The fourth-order valence-corrected chi connectivity index (χ4v) is 2.96. The molecule has 8 heteroatoms. The van der Waals surface area contributed by atoms with Gasteiger partial charge in [-0.05, 0) is 18.2 Å². The Hall–Kier alpha value is -3.16. The number of nitrogens with one attached hydrogen (secondary N) is 3. The van der Waals surface area contributed by atoms with Gasteiger partial charge in [0, 0.05) is 17.4 Å². The lowest BCUT2D eigenvalue weighted by molar-refractivity contribution is 0.227. The van der Waals surface area contributed by atoms with E-state index in [1.807, 2.05) is 0 Å². The van der Waals surface area contributed by atoms with Crippen LogP contribution >= 0.6 is 0 Å². The summed E-state index contributed by atoms with van der Waals surface area (Å²) >= 11 is 0. The number of benzene rings is 2. The molecule has 0 bridgehead atoms. The molecule has 3 aromatic rings. The highest BCUT2D eigenvalue weighted by atomic mass is 19.1. The fourth-order valence-electron chi connectivity index (χ4n) is 2.96. The summed E-state index contributed by atoms with van der Waals surface area (Å²) in [5, 5.41) is 12.3. The molecule has 4 rings (SSSR count). The van der Waals surface area contributed by atoms with Crippen LogP contribution in [0.5, 0.6) is 5.75 Å². The summed E-state index contributed by atoms with van der Waals surface area (Å²) in [6.45, 7) is 0.307. The molecule has 0 radical (unpaired) electrons. The molecule has 1 aliphatic rings. The number of carbonyl (C=O) groups excluding carboxylic acids is 1. The lowest BCUT2D eigenvalue weighted by atomic mass is 10.0. The molecule has 3 N–H and O–H groups in total. The number of H-pyrrole nitrogens is 1. The van der Waals surface area contributed by atoms with Gasteiger partial charge in [-0.25, -0.2) is 13.6 Å². The number of para-hydroxylation sites is 1. The second-order valence-corrected chi connectivity index (χ2v) is 5.70. The number of ether oxygens (including phenoxy) is 1. The smallest absolute Gasteiger partial charge is 0.319 e. The lowest BCUT2D eigenvalue weighted by Gasteiger charge is -2.27. The van der Waals surface area contributed by atoms with Crippen molar-refractivity contribution in [1.29, 1.82) is 0 Å². The predicted molar refractivity (Wildman–Crippen MR) is 87.5 cm³/mol. The summed E-state index contributed by atoms with van der Waals surface area (Å²) in [4.78, 5) is 12.3. The first-order valence-corrected chi connectivity index (χ1v) is 7.74. The summed E-state index contributed by atoms with van der Waals surface area (Å²) in [5.41, 5.74) is 1.24. The Bertz CT molecular complexity index is 957. The number of hydrogen-bond acceptors (Lipinski definition) is 3. The van der Waals surface area contributed by atoms with E-state index in [1.54, 1.807) is 12.1 Å². The van der Waals surface area contributed by atoms with E-state index in [9.17, 15) is 13.6 Å². The van der Waals surface area contributed by atoms with E-state index in [4.69, 9.17) is 4.74 Å². The first-order valence-electron chi connectivity index (χ1n) is 7.74. The van der Waals surface area contributed by atoms with Crippen molar-refractivity contribution >= 4 is 22.6 Å². The Morgan fingerprint density at radius 1 is 1.24 bits per heavy atom. The Balaban J connectivity index is 1.55. The van der Waals surface area contributed by atoms with Crippen LogP contribution in [0, 0.1) is 11.6 Å². The zero-order chi connectivity index (χ0) is 17.4. The van der Waals surface area contributed by atoms with E-state index < -0.39 is 17.7 Å². The maximum absolute atomic E-state index is 13.8. The summed E-state index contributed by atoms with van der Waals surface area (Å²) in [6.07, 6.45) is 1.96. The predicted octanol–water partition coefficient (Wildman–Crippen LogP) is 3.49. The number of halogens is 2. The van der Waals surface area contributed by atoms with Crippen LogP contribution in [0.1, 0.15) is 18.0 Å². The molecular weight excluding hydrogens is 330 g/mol. The highest BCUT2D eigenvalue weighted by Crippen LogP contribution is 2.34. The van der Waals surface area contributed by atoms with Gasteiger partial charge in [-0.2, -0.15) is 5.10 Å². The van der Waals surface area contributed by atoms with Crippen molar-refractivity contribution in [3.05, 3.63) is 53.7 Å². The zero-order valence-electron chi connectivity index (χ0n) is 13.0. The van der Waals surface area contributed by atoms with Gasteiger partial charge in [0.25, 0.3) is 0 Å². The molecule has 6 nitrogen and oxygen atoms in total. The van der Waals surface area contributed by atoms with Crippen molar-refractivity contribution in [3.63, 3.8) is 0 Å². The largest absolute Gasteiger partial charge is 0.490 e. The Morgan fingerprint density at radius 3 is 3.00 bits per heavy atom. The number of fused-ring (bicyclic) bond motifs is 2. The van der Waals surface area contributed by atoms with E-state index in [-0.39, 0.29) is 17.3 Å². The van der Waals surface area contributed by atoms with Gasteiger partial charge in [0.05, 0.1) is 24.5 Å². The van der Waals surface area contributed by atoms with E-state index in [0.29, 0.717) is 29.7 Å². The first-order chi connectivity index (χ1) is 12.1. The third-order valence-corrected chi connectivity index (χ3v) is 4.14. The molecule has 1 aromatic heterocycles. The van der Waals surface area contributed by atoms with Crippen molar-refractivity contribution in [2.45, 2.75) is 12.5 Å². The molecule has 0 fully saturated rings. The van der Waals surface area contributed by atoms with Crippen molar-refractivity contribution < 1.29 is 18.3 Å². The topological polar surface area (TPSA) is 79.0 Å². The molecule has 128 valence electrons. The van der Waals surface area contributed by atoms with Crippen LogP contribution in [0.25, 0.3) is 10.9 Å². The van der Waals surface area contributed by atoms with Gasteiger partial charge in [0.15, 0.2) is 11.6 Å². The van der Waals surface area contributed by atoms with Crippen LogP contribution in [-0.4, -0.2) is 22.8 Å². The molecule has 0 saturated heterocycles. The van der Waals surface area contributed by atoms with Crippen LogP contribution < -0.4 is 15.4 Å². The number of amides is 2. The molecule has 1 aliphatic heterocycles. The van der Waals surface area contributed by atoms with Gasteiger partial charge in [0.2, 0.25) is 0 Å². The third-order valence-electron chi connectivity index (χ3n) is 4.14. The second kappa shape index (κ2) is 6.04. The van der Waals surface area contributed by atoms with Crippen molar-refractivity contribution in [2.75, 3.05) is 11.9 Å². The van der Waals surface area contributed by atoms with Crippen LogP contribution in [-0.2, 0) is 0 Å². The molecule has 2 heterocycles.